The van der Waals surface area contributed by atoms with Crippen LogP contribution in [0.2, 0.25) is 0 Å². The third-order valence-electron chi connectivity index (χ3n) is 6.57. The van der Waals surface area contributed by atoms with Gasteiger partial charge < -0.3 is 31.2 Å². The molecule has 2 amide bonds. The van der Waals surface area contributed by atoms with Crippen LogP contribution in [0.4, 0.5) is 17.5 Å². The van der Waals surface area contributed by atoms with Gasteiger partial charge in [0.05, 0.1) is 41.3 Å². The van der Waals surface area contributed by atoms with Crippen LogP contribution in [0.1, 0.15) is 48.5 Å². The van der Waals surface area contributed by atoms with E-state index in [1.807, 2.05) is 13.0 Å². The van der Waals surface area contributed by atoms with E-state index in [0.29, 0.717) is 73.2 Å². The molecule has 15 heteroatoms. The van der Waals surface area contributed by atoms with Crippen molar-refractivity contribution in [2.24, 2.45) is 5.73 Å². The summed E-state index contributed by atoms with van der Waals surface area (Å²) in [5.41, 5.74) is 7.23. The van der Waals surface area contributed by atoms with E-state index in [1.165, 1.54) is 4.31 Å². The Bertz CT molecular complexity index is 1310. The molecule has 3 rings (SSSR count). The van der Waals surface area contributed by atoms with Crippen LogP contribution in [-0.4, -0.2) is 92.4 Å². The first-order chi connectivity index (χ1) is 20.1. The van der Waals surface area contributed by atoms with Gasteiger partial charge >= 0.3 is 0 Å². The minimum absolute atomic E-state index is 0.0299. The number of primary amides is 1. The summed E-state index contributed by atoms with van der Waals surface area (Å²) >= 11 is 3.44. The first-order valence-corrected chi connectivity index (χ1v) is 16.4. The van der Waals surface area contributed by atoms with Gasteiger partial charge in [-0.05, 0) is 53.7 Å². The predicted molar refractivity (Wildman–Crippen MR) is 164 cm³/mol. The molecule has 2 heterocycles. The number of benzene rings is 1. The molecule has 0 radical (unpaired) electrons. The Morgan fingerprint density at radius 3 is 2.55 bits per heavy atom. The zero-order valence-corrected chi connectivity index (χ0v) is 26.4. The molecule has 13 nitrogen and oxygen atoms in total. The van der Waals surface area contributed by atoms with E-state index in [9.17, 15) is 18.0 Å². The number of ether oxygens (including phenoxy) is 2. The highest BCUT2D eigenvalue weighted by Crippen LogP contribution is 2.28. The van der Waals surface area contributed by atoms with Crippen LogP contribution >= 0.6 is 15.9 Å². The topological polar surface area (TPSA) is 178 Å². The lowest BCUT2D eigenvalue weighted by atomic mass is 10.1. The summed E-state index contributed by atoms with van der Waals surface area (Å²) in [4.78, 5) is 32.8. The number of nitrogens with one attached hydrogen (secondary N) is 3. The van der Waals surface area contributed by atoms with Gasteiger partial charge in [-0.15, -0.1) is 0 Å². The fourth-order valence-corrected chi connectivity index (χ4v) is 6.06. The van der Waals surface area contributed by atoms with Crippen LogP contribution in [0.15, 0.2) is 28.9 Å². The van der Waals surface area contributed by atoms with Crippen LogP contribution < -0.4 is 21.7 Å². The summed E-state index contributed by atoms with van der Waals surface area (Å²) in [6.07, 6.45) is 3.84. The Morgan fingerprint density at radius 2 is 1.86 bits per heavy atom. The molecule has 1 aromatic carbocycles. The van der Waals surface area contributed by atoms with E-state index in [0.717, 1.165) is 12.0 Å². The predicted octanol–water partition coefficient (Wildman–Crippen LogP) is 2.55. The number of amides is 2. The molecule has 0 bridgehead atoms. The van der Waals surface area contributed by atoms with Crippen molar-refractivity contribution in [1.29, 1.82) is 0 Å². The first kappa shape index (κ1) is 33.6. The standard InChI is InChI=1S/C27H40BrN7O6S/c1-3-13-40-15-16-41-14-9-23(36)30-10-17-42(38,39)35-11-7-20(8-12-35)32-27-31-18-21(28)26(34-27)33-22-6-4-5-19(2)24(22)25(29)37/h4-6,18,20H,3,7-17H2,1-2H3,(H2,29,37)(H,30,36)(H2,31,32,33,34). The molecule has 1 aromatic heterocycles. The number of halogens is 1. The van der Waals surface area contributed by atoms with Crippen molar-refractivity contribution in [2.45, 2.75) is 45.6 Å². The fourth-order valence-electron chi connectivity index (χ4n) is 4.38. The number of hydrogen-bond acceptors (Lipinski definition) is 10. The highest BCUT2D eigenvalue weighted by Gasteiger charge is 2.28. The van der Waals surface area contributed by atoms with Crippen molar-refractivity contribution in [2.75, 3.05) is 62.4 Å². The molecule has 1 aliphatic rings. The number of aromatic nitrogens is 2. The number of anilines is 3. The number of sulfonamides is 1. The van der Waals surface area contributed by atoms with E-state index in [-0.39, 0.29) is 37.3 Å². The molecule has 1 fully saturated rings. The lowest BCUT2D eigenvalue weighted by molar-refractivity contribution is -0.122. The van der Waals surface area contributed by atoms with Gasteiger partial charge in [-0.25, -0.2) is 17.7 Å². The van der Waals surface area contributed by atoms with Crippen molar-refractivity contribution >= 4 is 55.2 Å². The van der Waals surface area contributed by atoms with E-state index < -0.39 is 15.9 Å². The zero-order valence-electron chi connectivity index (χ0n) is 24.0. The van der Waals surface area contributed by atoms with Crippen LogP contribution in [0.3, 0.4) is 0 Å². The molecular weight excluding hydrogens is 630 g/mol. The average Bonchev–Trinajstić information content (AvgIpc) is 2.94. The van der Waals surface area contributed by atoms with Gasteiger partial charge in [0.2, 0.25) is 21.9 Å². The monoisotopic (exact) mass is 669 g/mol. The molecule has 2 aromatic rings. The number of rotatable bonds is 17. The van der Waals surface area contributed by atoms with E-state index >= 15 is 0 Å². The Kier molecular flexibility index (Phi) is 13.4. The van der Waals surface area contributed by atoms with Gasteiger partial charge in [0.1, 0.15) is 5.82 Å². The molecule has 42 heavy (non-hydrogen) atoms. The summed E-state index contributed by atoms with van der Waals surface area (Å²) in [5, 5.41) is 9.08. The summed E-state index contributed by atoms with van der Waals surface area (Å²) in [6.45, 7) is 6.40. The summed E-state index contributed by atoms with van der Waals surface area (Å²) in [5.74, 6) is -0.137. The molecule has 1 saturated heterocycles. The van der Waals surface area contributed by atoms with E-state index in [4.69, 9.17) is 15.2 Å². The lowest BCUT2D eigenvalue weighted by Crippen LogP contribution is -2.45. The second-order valence-corrected chi connectivity index (χ2v) is 12.8. The van der Waals surface area contributed by atoms with Crippen molar-refractivity contribution < 1.29 is 27.5 Å². The Balaban J connectivity index is 1.43. The van der Waals surface area contributed by atoms with Crippen LogP contribution in [0.25, 0.3) is 0 Å². The van der Waals surface area contributed by atoms with Crippen molar-refractivity contribution in [3.05, 3.63) is 40.0 Å². The summed E-state index contributed by atoms with van der Waals surface area (Å²) < 4.78 is 38.3. The highest BCUT2D eigenvalue weighted by atomic mass is 79.9. The molecular formula is C27H40BrN7O6S. The van der Waals surface area contributed by atoms with Gasteiger partial charge in [0, 0.05) is 44.9 Å². The lowest BCUT2D eigenvalue weighted by Gasteiger charge is -2.31. The van der Waals surface area contributed by atoms with E-state index in [2.05, 4.69) is 41.8 Å². The fraction of sp³-hybridized carbons (Fsp3) is 0.556. The SMILES string of the molecule is CCCOCCOCCC(=O)NCCS(=O)(=O)N1CCC(Nc2ncc(Br)c(Nc3cccc(C)c3C(N)=O)n2)CC1. The number of nitrogens with zero attached hydrogens (tertiary/aromatic N) is 3. The Morgan fingerprint density at radius 1 is 1.14 bits per heavy atom. The maximum atomic E-state index is 12.8. The number of carbonyl (C=O) groups excluding carboxylic acids is 2. The quantitative estimate of drug-likeness (QED) is 0.183. The van der Waals surface area contributed by atoms with E-state index in [1.54, 1.807) is 25.3 Å². The third-order valence-corrected chi connectivity index (χ3v) is 9.03. The summed E-state index contributed by atoms with van der Waals surface area (Å²) in [7, 11) is -3.52. The van der Waals surface area contributed by atoms with Gasteiger partial charge in [0.25, 0.3) is 5.91 Å². The number of piperidine rings is 1. The molecule has 0 aliphatic carbocycles. The second-order valence-electron chi connectivity index (χ2n) is 9.84. The van der Waals surface area contributed by atoms with Gasteiger partial charge in [-0.3, -0.25) is 9.59 Å². The number of hydrogen-bond donors (Lipinski definition) is 4. The van der Waals surface area contributed by atoms with Crippen molar-refractivity contribution in [3.8, 4) is 0 Å². The molecule has 0 saturated carbocycles. The molecule has 1 aliphatic heterocycles. The van der Waals surface area contributed by atoms with Gasteiger partial charge in [-0.2, -0.15) is 4.98 Å². The Hall–Kier alpha value is -2.85. The second kappa shape index (κ2) is 16.7. The minimum Gasteiger partial charge on any atom is -0.379 e. The maximum absolute atomic E-state index is 12.8. The first-order valence-electron chi connectivity index (χ1n) is 14.0. The average molecular weight is 671 g/mol. The van der Waals surface area contributed by atoms with Crippen molar-refractivity contribution in [3.63, 3.8) is 0 Å². The zero-order chi connectivity index (χ0) is 30.5. The van der Waals surface area contributed by atoms with Gasteiger partial charge in [0.15, 0.2) is 0 Å². The summed E-state index contributed by atoms with van der Waals surface area (Å²) in [6, 6.07) is 5.34. The Labute approximate surface area is 255 Å². The van der Waals surface area contributed by atoms with Crippen LogP contribution in [-0.2, 0) is 24.3 Å². The molecule has 0 atom stereocenters. The van der Waals surface area contributed by atoms with Crippen molar-refractivity contribution in [1.82, 2.24) is 19.6 Å². The largest absolute Gasteiger partial charge is 0.379 e. The molecule has 0 spiro atoms. The molecule has 0 unspecified atom stereocenters. The molecule has 5 N–H and O–H groups in total. The third kappa shape index (κ3) is 10.5. The van der Waals surface area contributed by atoms with Gasteiger partial charge in [-0.1, -0.05) is 19.1 Å². The maximum Gasteiger partial charge on any atom is 0.251 e. The number of carbonyl (C=O) groups is 2. The van der Waals surface area contributed by atoms with Crippen LogP contribution in [0.5, 0.6) is 0 Å². The minimum atomic E-state index is -3.52. The normalized spacial score (nSPS) is 14.5. The smallest absolute Gasteiger partial charge is 0.251 e. The van der Waals surface area contributed by atoms with Crippen LogP contribution in [0, 0.1) is 6.92 Å². The number of aryl methyl sites for hydroxylation is 1. The number of nitrogens with two attached hydrogens (primary N) is 1. The highest BCUT2D eigenvalue weighted by molar-refractivity contribution is 9.10. The molecule has 232 valence electrons.